The van der Waals surface area contributed by atoms with Gasteiger partial charge in [0.15, 0.2) is 11.2 Å². The molecule has 2 heterocycles. The minimum absolute atomic E-state index is 0.625. The molecule has 0 saturated carbocycles. The number of imidazole rings is 1. The van der Waals surface area contributed by atoms with E-state index in [-0.39, 0.29) is 0 Å². The van der Waals surface area contributed by atoms with Crippen LogP contribution in [0.2, 0.25) is 0 Å². The quantitative estimate of drug-likeness (QED) is 0.658. The van der Waals surface area contributed by atoms with Gasteiger partial charge in [-0.3, -0.25) is 9.20 Å². The topological polar surface area (TPSA) is 34.4 Å². The molecule has 18 heavy (non-hydrogen) atoms. The van der Waals surface area contributed by atoms with Crippen LogP contribution in [-0.2, 0) is 0 Å². The number of nitrogens with zero attached hydrogens (tertiary/aromatic N) is 2. The van der Waals surface area contributed by atoms with Crippen LogP contribution in [0.4, 0.5) is 0 Å². The van der Waals surface area contributed by atoms with Gasteiger partial charge in [-0.1, -0.05) is 17.7 Å². The summed E-state index contributed by atoms with van der Waals surface area (Å²) in [4.78, 5) is 16.7. The maximum absolute atomic E-state index is 11.3. The summed E-state index contributed by atoms with van der Waals surface area (Å²) in [5.41, 5.74) is 4.74. The van der Waals surface area contributed by atoms with E-state index in [0.717, 1.165) is 28.1 Å². The van der Waals surface area contributed by atoms with Crippen LogP contribution in [0.25, 0.3) is 16.2 Å². The molecule has 2 aromatic heterocycles. The largest absolute Gasteiger partial charge is 0.296 e. The fraction of sp³-hybridized carbons (Fsp3) is 0.143. The van der Waals surface area contributed by atoms with E-state index in [9.17, 15) is 4.79 Å². The molecule has 0 radical (unpaired) electrons. The molecule has 0 saturated heterocycles. The van der Waals surface area contributed by atoms with Crippen molar-refractivity contribution >= 4 is 22.6 Å². The molecule has 0 atom stereocenters. The standard InChI is InChI=1S/C14H12N2OS/c1-9-3-4-10(2)11(7-9)13-12(8-17)16-5-6-18-14(16)15-13/h3-8H,1-2H3. The molecule has 0 fully saturated rings. The highest BCUT2D eigenvalue weighted by atomic mass is 32.1. The average Bonchev–Trinajstić information content (AvgIpc) is 2.91. The number of hydrogen-bond donors (Lipinski definition) is 0. The second kappa shape index (κ2) is 4.07. The Balaban J connectivity index is 2.33. The first kappa shape index (κ1) is 11.2. The molecular weight excluding hydrogens is 244 g/mol. The lowest BCUT2D eigenvalue weighted by Gasteiger charge is -2.05. The number of carbonyl (C=O) groups is 1. The highest BCUT2D eigenvalue weighted by Gasteiger charge is 2.15. The summed E-state index contributed by atoms with van der Waals surface area (Å²) in [6.45, 7) is 4.08. The predicted octanol–water partition coefficient (Wildman–Crippen LogP) is 3.49. The van der Waals surface area contributed by atoms with Crippen LogP contribution >= 0.6 is 11.3 Å². The first-order chi connectivity index (χ1) is 8.70. The lowest BCUT2D eigenvalue weighted by atomic mass is 10.0. The van der Waals surface area contributed by atoms with E-state index in [1.165, 1.54) is 16.9 Å². The Kier molecular flexibility index (Phi) is 2.52. The smallest absolute Gasteiger partial charge is 0.194 e. The zero-order chi connectivity index (χ0) is 12.7. The molecule has 0 N–H and O–H groups in total. The average molecular weight is 256 g/mol. The number of fused-ring (bicyclic) bond motifs is 1. The zero-order valence-electron chi connectivity index (χ0n) is 10.2. The van der Waals surface area contributed by atoms with Crippen LogP contribution in [0.5, 0.6) is 0 Å². The van der Waals surface area contributed by atoms with Crippen molar-refractivity contribution in [3.8, 4) is 11.3 Å². The maximum atomic E-state index is 11.3. The summed E-state index contributed by atoms with van der Waals surface area (Å²) >= 11 is 1.54. The van der Waals surface area contributed by atoms with E-state index in [0.29, 0.717) is 5.69 Å². The minimum atomic E-state index is 0.625. The van der Waals surface area contributed by atoms with Crippen molar-refractivity contribution in [3.05, 3.63) is 46.6 Å². The van der Waals surface area contributed by atoms with Crippen molar-refractivity contribution in [1.82, 2.24) is 9.38 Å². The van der Waals surface area contributed by atoms with Crippen molar-refractivity contribution in [3.63, 3.8) is 0 Å². The van der Waals surface area contributed by atoms with Gasteiger partial charge in [0.25, 0.3) is 0 Å². The van der Waals surface area contributed by atoms with Gasteiger partial charge in [0.2, 0.25) is 0 Å². The summed E-state index contributed by atoms with van der Waals surface area (Å²) < 4.78 is 1.84. The Morgan fingerprint density at radius 2 is 2.17 bits per heavy atom. The first-order valence-corrected chi connectivity index (χ1v) is 6.57. The number of aromatic nitrogens is 2. The summed E-state index contributed by atoms with van der Waals surface area (Å²) in [6.07, 6.45) is 2.76. The van der Waals surface area contributed by atoms with Crippen LogP contribution < -0.4 is 0 Å². The fourth-order valence-electron chi connectivity index (χ4n) is 2.11. The molecule has 0 amide bonds. The predicted molar refractivity (Wildman–Crippen MR) is 73.4 cm³/mol. The molecule has 0 bridgehead atoms. The van der Waals surface area contributed by atoms with Gasteiger partial charge in [0, 0.05) is 17.1 Å². The van der Waals surface area contributed by atoms with Crippen LogP contribution in [0.15, 0.2) is 29.8 Å². The van der Waals surface area contributed by atoms with Gasteiger partial charge in [0.05, 0.1) is 0 Å². The maximum Gasteiger partial charge on any atom is 0.194 e. The third-order valence-corrected chi connectivity index (χ3v) is 3.82. The minimum Gasteiger partial charge on any atom is -0.296 e. The van der Waals surface area contributed by atoms with Gasteiger partial charge in [-0.2, -0.15) is 0 Å². The lowest BCUT2D eigenvalue weighted by Crippen LogP contribution is -1.92. The van der Waals surface area contributed by atoms with Crippen LogP contribution in [0.1, 0.15) is 21.6 Å². The normalized spacial score (nSPS) is 11.0. The third-order valence-electron chi connectivity index (χ3n) is 3.06. The third kappa shape index (κ3) is 1.57. The fourth-order valence-corrected chi connectivity index (χ4v) is 2.83. The van der Waals surface area contributed by atoms with Gasteiger partial charge >= 0.3 is 0 Å². The van der Waals surface area contributed by atoms with Crippen LogP contribution in [-0.4, -0.2) is 15.7 Å². The Labute approximate surface area is 109 Å². The highest BCUT2D eigenvalue weighted by Crippen LogP contribution is 2.28. The van der Waals surface area contributed by atoms with E-state index >= 15 is 0 Å². The second-order valence-corrected chi connectivity index (χ2v) is 5.21. The van der Waals surface area contributed by atoms with Gasteiger partial charge < -0.3 is 0 Å². The number of benzene rings is 1. The van der Waals surface area contributed by atoms with Gasteiger partial charge in [-0.05, 0) is 25.5 Å². The summed E-state index contributed by atoms with van der Waals surface area (Å²) in [5, 5.41) is 1.93. The summed E-state index contributed by atoms with van der Waals surface area (Å²) in [5.74, 6) is 0. The Morgan fingerprint density at radius 3 is 2.94 bits per heavy atom. The van der Waals surface area contributed by atoms with Crippen LogP contribution in [0, 0.1) is 13.8 Å². The molecule has 1 aromatic carbocycles. The molecule has 3 rings (SSSR count). The number of hydrogen-bond acceptors (Lipinski definition) is 3. The second-order valence-electron chi connectivity index (χ2n) is 4.34. The Bertz CT molecular complexity index is 739. The molecule has 3 nitrogen and oxygen atoms in total. The molecular formula is C14H12N2OS. The molecule has 4 heteroatoms. The summed E-state index contributed by atoms with van der Waals surface area (Å²) in [6, 6.07) is 6.21. The SMILES string of the molecule is Cc1ccc(C)c(-c2nc3sccn3c2C=O)c1. The molecule has 0 unspecified atom stereocenters. The van der Waals surface area contributed by atoms with Crippen molar-refractivity contribution in [2.45, 2.75) is 13.8 Å². The molecule has 0 aliphatic carbocycles. The van der Waals surface area contributed by atoms with E-state index in [4.69, 9.17) is 0 Å². The first-order valence-electron chi connectivity index (χ1n) is 5.69. The monoisotopic (exact) mass is 256 g/mol. The molecule has 0 spiro atoms. The van der Waals surface area contributed by atoms with E-state index in [2.05, 4.69) is 23.2 Å². The number of rotatable bonds is 2. The van der Waals surface area contributed by atoms with Crippen molar-refractivity contribution in [2.75, 3.05) is 0 Å². The van der Waals surface area contributed by atoms with Crippen LogP contribution in [0.3, 0.4) is 0 Å². The van der Waals surface area contributed by atoms with Gasteiger partial charge in [-0.15, -0.1) is 11.3 Å². The number of aryl methyl sites for hydroxylation is 2. The molecule has 0 aliphatic heterocycles. The zero-order valence-corrected chi connectivity index (χ0v) is 11.0. The molecule has 90 valence electrons. The van der Waals surface area contributed by atoms with Crippen molar-refractivity contribution in [2.24, 2.45) is 0 Å². The van der Waals surface area contributed by atoms with Crippen molar-refractivity contribution in [1.29, 1.82) is 0 Å². The number of aldehydes is 1. The van der Waals surface area contributed by atoms with Gasteiger partial charge in [0.1, 0.15) is 11.4 Å². The highest BCUT2D eigenvalue weighted by molar-refractivity contribution is 7.15. The molecule has 0 aliphatic rings. The van der Waals surface area contributed by atoms with E-state index in [1.807, 2.05) is 29.8 Å². The Hall–Kier alpha value is -1.94. The van der Waals surface area contributed by atoms with Gasteiger partial charge in [-0.25, -0.2) is 4.98 Å². The van der Waals surface area contributed by atoms with E-state index < -0.39 is 0 Å². The lowest BCUT2D eigenvalue weighted by molar-refractivity contribution is 0.111. The number of thiazole rings is 1. The van der Waals surface area contributed by atoms with E-state index in [1.54, 1.807) is 0 Å². The Morgan fingerprint density at radius 1 is 1.33 bits per heavy atom. The molecule has 3 aromatic rings. The van der Waals surface area contributed by atoms with Crippen molar-refractivity contribution < 1.29 is 4.79 Å². The number of carbonyl (C=O) groups excluding carboxylic acids is 1. The summed E-state index contributed by atoms with van der Waals surface area (Å²) in [7, 11) is 0.